The van der Waals surface area contributed by atoms with Gasteiger partial charge in [0.1, 0.15) is 0 Å². The minimum atomic E-state index is -0.884. The highest BCUT2D eigenvalue weighted by Gasteiger charge is 2.14. The van der Waals surface area contributed by atoms with Gasteiger partial charge in [-0.25, -0.2) is 4.79 Å². The molecule has 0 unspecified atom stereocenters. The van der Waals surface area contributed by atoms with Gasteiger partial charge in [0, 0.05) is 25.4 Å². The molecule has 0 spiro atoms. The van der Waals surface area contributed by atoms with Gasteiger partial charge >= 0.3 is 5.97 Å². The van der Waals surface area contributed by atoms with Gasteiger partial charge in [-0.3, -0.25) is 0 Å². The highest BCUT2D eigenvalue weighted by Crippen LogP contribution is 2.13. The first kappa shape index (κ1) is 9.80. The second-order valence-corrected chi connectivity index (χ2v) is 2.87. The van der Waals surface area contributed by atoms with Crippen LogP contribution in [0.5, 0.6) is 0 Å². The molecule has 0 aliphatic rings. The monoisotopic (exact) mass is 183 g/mol. The zero-order valence-corrected chi connectivity index (χ0v) is 7.76. The summed E-state index contributed by atoms with van der Waals surface area (Å²) in [6.45, 7) is 2.30. The van der Waals surface area contributed by atoms with Gasteiger partial charge in [0.2, 0.25) is 0 Å². The van der Waals surface area contributed by atoms with Crippen LogP contribution in [-0.2, 0) is 11.2 Å². The molecule has 0 atom stereocenters. The normalized spacial score (nSPS) is 10.3. The first-order valence-corrected chi connectivity index (χ1v) is 4.06. The first-order chi connectivity index (χ1) is 6.16. The van der Waals surface area contributed by atoms with Crippen LogP contribution in [0, 0.1) is 6.92 Å². The molecule has 0 radical (unpaired) electrons. The Balaban J connectivity index is 2.87. The van der Waals surface area contributed by atoms with Gasteiger partial charge in [0.25, 0.3) is 0 Å². The van der Waals surface area contributed by atoms with Gasteiger partial charge in [-0.15, -0.1) is 0 Å². The van der Waals surface area contributed by atoms with Gasteiger partial charge in [0.15, 0.2) is 0 Å². The Labute approximate surface area is 76.5 Å². The molecular formula is C9H13NO3. The second-order valence-electron chi connectivity index (χ2n) is 2.87. The molecule has 4 heteroatoms. The maximum absolute atomic E-state index is 10.8. The third-order valence-electron chi connectivity index (χ3n) is 1.93. The topological polar surface area (TPSA) is 62.3 Å². The molecule has 0 saturated heterocycles. The molecule has 1 aromatic rings. The van der Waals surface area contributed by atoms with Crippen LogP contribution in [-0.4, -0.2) is 29.8 Å². The summed E-state index contributed by atoms with van der Waals surface area (Å²) in [4.78, 5) is 13.7. The number of hydrogen-bond acceptors (Lipinski definition) is 2. The van der Waals surface area contributed by atoms with E-state index in [9.17, 15) is 4.79 Å². The van der Waals surface area contributed by atoms with Crippen molar-refractivity contribution in [1.29, 1.82) is 0 Å². The van der Waals surface area contributed by atoms with Gasteiger partial charge in [-0.1, -0.05) is 0 Å². The van der Waals surface area contributed by atoms with E-state index >= 15 is 0 Å². The number of H-pyrrole nitrogens is 1. The molecule has 1 aromatic heterocycles. The number of carbonyl (C=O) groups is 1. The Kier molecular flexibility index (Phi) is 3.08. The molecule has 0 aromatic carbocycles. The number of ether oxygens (including phenoxy) is 1. The lowest BCUT2D eigenvalue weighted by Gasteiger charge is -1.99. The van der Waals surface area contributed by atoms with Crippen molar-refractivity contribution in [3.63, 3.8) is 0 Å². The lowest BCUT2D eigenvalue weighted by Crippen LogP contribution is -2.04. The van der Waals surface area contributed by atoms with Crippen molar-refractivity contribution in [2.24, 2.45) is 0 Å². The van der Waals surface area contributed by atoms with Crippen LogP contribution in [0.2, 0.25) is 0 Å². The van der Waals surface area contributed by atoms with E-state index in [1.54, 1.807) is 20.2 Å². The predicted molar refractivity (Wildman–Crippen MR) is 48.1 cm³/mol. The van der Waals surface area contributed by atoms with E-state index in [0.29, 0.717) is 18.6 Å². The van der Waals surface area contributed by atoms with Crippen molar-refractivity contribution in [3.8, 4) is 0 Å². The molecule has 72 valence electrons. The lowest BCUT2D eigenvalue weighted by atomic mass is 10.1. The van der Waals surface area contributed by atoms with Crippen molar-refractivity contribution in [2.45, 2.75) is 13.3 Å². The van der Waals surface area contributed by atoms with E-state index in [2.05, 4.69) is 4.98 Å². The number of carboxylic acids is 1. The van der Waals surface area contributed by atoms with E-state index in [-0.39, 0.29) is 0 Å². The number of aromatic amines is 1. The Morgan fingerprint density at radius 2 is 2.38 bits per heavy atom. The number of hydrogen-bond donors (Lipinski definition) is 2. The van der Waals surface area contributed by atoms with Crippen molar-refractivity contribution in [1.82, 2.24) is 4.98 Å². The summed E-state index contributed by atoms with van der Waals surface area (Å²) in [5, 5.41) is 8.87. The molecule has 0 aliphatic heterocycles. The summed E-state index contributed by atoms with van der Waals surface area (Å²) >= 11 is 0. The molecule has 13 heavy (non-hydrogen) atoms. The molecule has 0 aliphatic carbocycles. The highest BCUT2D eigenvalue weighted by molar-refractivity contribution is 5.90. The Bertz CT molecular complexity index is 304. The summed E-state index contributed by atoms with van der Waals surface area (Å²) < 4.78 is 4.88. The Hall–Kier alpha value is -1.29. The largest absolute Gasteiger partial charge is 0.478 e. The summed E-state index contributed by atoms with van der Waals surface area (Å²) in [6.07, 6.45) is 2.31. The van der Waals surface area contributed by atoms with Crippen molar-refractivity contribution >= 4 is 5.97 Å². The summed E-state index contributed by atoms with van der Waals surface area (Å²) in [7, 11) is 1.59. The minimum Gasteiger partial charge on any atom is -0.478 e. The lowest BCUT2D eigenvalue weighted by molar-refractivity contribution is 0.0694. The third kappa shape index (κ3) is 2.09. The van der Waals surface area contributed by atoms with Gasteiger partial charge in [-0.2, -0.15) is 0 Å². The van der Waals surface area contributed by atoms with Gasteiger partial charge < -0.3 is 14.8 Å². The van der Waals surface area contributed by atoms with Crippen LogP contribution in [0.3, 0.4) is 0 Å². The molecule has 4 nitrogen and oxygen atoms in total. The molecule has 0 bridgehead atoms. The van der Waals surface area contributed by atoms with Gasteiger partial charge in [-0.05, 0) is 12.5 Å². The summed E-state index contributed by atoms with van der Waals surface area (Å²) in [6, 6.07) is 0. The number of aromatic carboxylic acids is 1. The Morgan fingerprint density at radius 1 is 1.69 bits per heavy atom. The molecule has 0 amide bonds. The van der Waals surface area contributed by atoms with Crippen LogP contribution in [0.15, 0.2) is 6.20 Å². The number of rotatable bonds is 4. The van der Waals surface area contributed by atoms with E-state index in [1.165, 1.54) is 0 Å². The summed E-state index contributed by atoms with van der Waals surface area (Å²) in [5.74, 6) is -0.884. The quantitative estimate of drug-likeness (QED) is 0.737. The number of aromatic nitrogens is 1. The van der Waals surface area contributed by atoms with E-state index in [0.717, 1.165) is 11.3 Å². The highest BCUT2D eigenvalue weighted by atomic mass is 16.5. The average molecular weight is 183 g/mol. The zero-order valence-electron chi connectivity index (χ0n) is 7.76. The first-order valence-electron chi connectivity index (χ1n) is 4.06. The van der Waals surface area contributed by atoms with Gasteiger partial charge in [0.05, 0.1) is 12.2 Å². The van der Waals surface area contributed by atoms with E-state index < -0.39 is 5.97 Å². The van der Waals surface area contributed by atoms with Crippen molar-refractivity contribution in [3.05, 3.63) is 23.0 Å². The van der Waals surface area contributed by atoms with Crippen LogP contribution in [0.25, 0.3) is 0 Å². The number of nitrogens with one attached hydrogen (secondary N) is 1. The molecule has 2 N–H and O–H groups in total. The predicted octanol–water partition coefficient (Wildman–Crippen LogP) is 1.21. The van der Waals surface area contributed by atoms with E-state index in [4.69, 9.17) is 9.84 Å². The fraction of sp³-hybridized carbons (Fsp3) is 0.444. The molecule has 0 saturated carbocycles. The fourth-order valence-corrected chi connectivity index (χ4v) is 1.28. The molecule has 1 rings (SSSR count). The third-order valence-corrected chi connectivity index (χ3v) is 1.93. The van der Waals surface area contributed by atoms with Crippen LogP contribution < -0.4 is 0 Å². The smallest absolute Gasteiger partial charge is 0.337 e. The van der Waals surface area contributed by atoms with Crippen LogP contribution >= 0.6 is 0 Å². The fourth-order valence-electron chi connectivity index (χ4n) is 1.28. The molecular weight excluding hydrogens is 170 g/mol. The van der Waals surface area contributed by atoms with Crippen LogP contribution in [0.4, 0.5) is 0 Å². The number of aryl methyl sites for hydroxylation is 1. The molecule has 0 fully saturated rings. The zero-order chi connectivity index (χ0) is 9.84. The average Bonchev–Trinajstić information content (AvgIpc) is 2.43. The van der Waals surface area contributed by atoms with Crippen molar-refractivity contribution in [2.75, 3.05) is 13.7 Å². The van der Waals surface area contributed by atoms with Crippen LogP contribution in [0.1, 0.15) is 21.6 Å². The maximum atomic E-state index is 10.8. The maximum Gasteiger partial charge on any atom is 0.337 e. The molecule has 1 heterocycles. The summed E-state index contributed by atoms with van der Waals surface area (Å²) in [5.41, 5.74) is 1.86. The second kappa shape index (κ2) is 4.09. The number of methoxy groups -OCH3 is 1. The standard InChI is InChI=1S/C9H13NO3/c1-6-5-10-7(3-4-13-2)8(6)9(11)12/h5,10H,3-4H2,1-2H3,(H,11,12). The van der Waals surface area contributed by atoms with Crippen molar-refractivity contribution < 1.29 is 14.6 Å². The number of carboxylic acid groups (broad SMARTS) is 1. The van der Waals surface area contributed by atoms with E-state index in [1.807, 2.05) is 0 Å². The SMILES string of the molecule is COCCc1[nH]cc(C)c1C(=O)O. The minimum absolute atomic E-state index is 0.372. The Morgan fingerprint density at radius 3 is 2.92 bits per heavy atom.